The Labute approximate surface area is 308 Å². The number of benzene rings is 4. The molecule has 10 nitrogen and oxygen atoms in total. The molecule has 1 unspecified atom stereocenters. The van der Waals surface area contributed by atoms with Crippen molar-refractivity contribution < 1.29 is 13.9 Å². The number of rotatable bonds is 11. The zero-order valence-electron chi connectivity index (χ0n) is 26.8. The molecule has 1 saturated heterocycles. The Hall–Kier alpha value is -5.41. The minimum absolute atomic E-state index is 0.0802. The van der Waals surface area contributed by atoms with Gasteiger partial charge in [-0.2, -0.15) is 10.4 Å². The molecule has 1 amide bonds. The van der Waals surface area contributed by atoms with Crippen molar-refractivity contribution in [3.63, 3.8) is 0 Å². The molecule has 2 heterocycles. The van der Waals surface area contributed by atoms with Crippen molar-refractivity contribution in [2.45, 2.75) is 25.1 Å². The van der Waals surface area contributed by atoms with E-state index in [9.17, 15) is 14.4 Å². The molecular formula is C37H30Cl3FN8O2. The summed E-state index contributed by atoms with van der Waals surface area (Å²) in [6, 6.07) is 25.6. The van der Waals surface area contributed by atoms with Crippen LogP contribution in [0.5, 0.6) is 0 Å². The highest BCUT2D eigenvalue weighted by molar-refractivity contribution is 6.36. The fourth-order valence-electron chi connectivity index (χ4n) is 5.69. The SMILES string of the molecule is N#Cc1cnc2c(Cl)cc(NC(/C(=C/N[C@H]3CCN(C(=O)OCc4ccccc4)C3)N=N)c3ccc(Cl)cc3)cc2c1Nc1ccc(F)c(Cl)c1. The van der Waals surface area contributed by atoms with E-state index in [-0.39, 0.29) is 23.2 Å². The highest BCUT2D eigenvalue weighted by atomic mass is 35.5. The quantitative estimate of drug-likeness (QED) is 0.0988. The van der Waals surface area contributed by atoms with Gasteiger partial charge >= 0.3 is 6.09 Å². The van der Waals surface area contributed by atoms with Crippen LogP contribution < -0.4 is 16.0 Å². The number of carbonyl (C=O) groups is 1. The molecule has 0 radical (unpaired) electrons. The van der Waals surface area contributed by atoms with Crippen molar-refractivity contribution in [1.29, 1.82) is 10.8 Å². The molecule has 0 saturated carbocycles. The van der Waals surface area contributed by atoms with Crippen LogP contribution in [0.25, 0.3) is 10.9 Å². The minimum atomic E-state index is -0.659. The summed E-state index contributed by atoms with van der Waals surface area (Å²) in [5.41, 5.74) is 12.2. The summed E-state index contributed by atoms with van der Waals surface area (Å²) in [6.07, 6.45) is 3.35. The summed E-state index contributed by atoms with van der Waals surface area (Å²) in [4.78, 5) is 18.8. The number of carbonyl (C=O) groups excluding carboxylic acids is 1. The average molecular weight is 744 g/mol. The maximum Gasteiger partial charge on any atom is 0.410 e. The third-order valence-electron chi connectivity index (χ3n) is 8.29. The average Bonchev–Trinajstić information content (AvgIpc) is 3.62. The molecule has 6 rings (SSSR count). The number of fused-ring (bicyclic) bond motifs is 1. The van der Waals surface area contributed by atoms with Crippen molar-refractivity contribution in [1.82, 2.24) is 15.2 Å². The van der Waals surface area contributed by atoms with E-state index in [4.69, 9.17) is 45.1 Å². The third-order valence-corrected chi connectivity index (χ3v) is 9.12. The molecule has 1 aliphatic heterocycles. The standard InChI is InChI=1S/C37H30Cl3FN8O2/c38-25-8-6-23(7-9-25)35(33(48-43)19-44-27-12-13-49(20-27)37(50)51-21-22-4-2-1-3-5-22)47-28-14-29-34(46-26-10-11-32(41)30(39)15-26)24(17-42)18-45-36(29)31(40)16-28/h1-11,14-16,18-19,27,35,43-44,47H,12-13,20-21H2,(H,45,46)/b33-19-,48-43?/t27-,35?/m0/s1. The lowest BCUT2D eigenvalue weighted by atomic mass is 10.0. The zero-order valence-corrected chi connectivity index (χ0v) is 29.1. The molecule has 4 aromatic carbocycles. The van der Waals surface area contributed by atoms with E-state index in [1.807, 2.05) is 42.5 Å². The number of halogens is 4. The molecule has 0 aliphatic carbocycles. The van der Waals surface area contributed by atoms with Crippen LogP contribution in [0.3, 0.4) is 0 Å². The lowest BCUT2D eigenvalue weighted by Gasteiger charge is -2.22. The van der Waals surface area contributed by atoms with E-state index >= 15 is 0 Å². The summed E-state index contributed by atoms with van der Waals surface area (Å²) in [6.45, 7) is 1.12. The Morgan fingerprint density at radius 1 is 1.08 bits per heavy atom. The fourth-order valence-corrected chi connectivity index (χ4v) is 6.26. The van der Waals surface area contributed by atoms with E-state index in [0.29, 0.717) is 63.2 Å². The molecule has 0 bridgehead atoms. The second kappa shape index (κ2) is 16.1. The maximum absolute atomic E-state index is 13.9. The van der Waals surface area contributed by atoms with Gasteiger partial charge in [-0.3, -0.25) is 4.98 Å². The molecule has 1 aliphatic rings. The molecule has 5 aromatic rings. The highest BCUT2D eigenvalue weighted by Gasteiger charge is 2.27. The van der Waals surface area contributed by atoms with Crippen LogP contribution in [0, 0.1) is 22.7 Å². The van der Waals surface area contributed by atoms with Crippen LogP contribution in [0.2, 0.25) is 15.1 Å². The van der Waals surface area contributed by atoms with Crippen LogP contribution in [0.15, 0.2) is 108 Å². The molecule has 14 heteroatoms. The summed E-state index contributed by atoms with van der Waals surface area (Å²) in [5.74, 6) is -0.574. The number of hydrogen-bond acceptors (Lipinski definition) is 9. The number of nitrogens with zero attached hydrogens (tertiary/aromatic N) is 4. The maximum atomic E-state index is 13.9. The van der Waals surface area contributed by atoms with Crippen molar-refractivity contribution in [2.75, 3.05) is 23.7 Å². The minimum Gasteiger partial charge on any atom is -0.445 e. The molecule has 1 fully saturated rings. The van der Waals surface area contributed by atoms with Gasteiger partial charge in [0.1, 0.15) is 24.2 Å². The molecule has 51 heavy (non-hydrogen) atoms. The Morgan fingerprint density at radius 3 is 2.57 bits per heavy atom. The second-order valence-corrected chi connectivity index (χ2v) is 13.0. The van der Waals surface area contributed by atoms with Crippen LogP contribution in [0.1, 0.15) is 29.2 Å². The van der Waals surface area contributed by atoms with Gasteiger partial charge in [0.05, 0.1) is 32.9 Å². The summed E-state index contributed by atoms with van der Waals surface area (Å²) in [5, 5.41) is 25.0. The first-order valence-electron chi connectivity index (χ1n) is 15.8. The lowest BCUT2D eigenvalue weighted by Crippen LogP contribution is -2.33. The number of likely N-dealkylation sites (tertiary alicyclic amines) is 1. The van der Waals surface area contributed by atoms with Gasteiger partial charge in [0.2, 0.25) is 0 Å². The number of nitriles is 1. The molecule has 258 valence electrons. The number of pyridine rings is 1. The summed E-state index contributed by atoms with van der Waals surface area (Å²) in [7, 11) is 0. The first-order chi connectivity index (χ1) is 24.7. The van der Waals surface area contributed by atoms with Crippen LogP contribution >= 0.6 is 34.8 Å². The van der Waals surface area contributed by atoms with Crippen LogP contribution in [0.4, 0.5) is 26.2 Å². The number of anilines is 3. The number of nitrogens with one attached hydrogen (secondary N) is 4. The van der Waals surface area contributed by atoms with Crippen molar-refractivity contribution in [3.8, 4) is 6.07 Å². The molecular weight excluding hydrogens is 714 g/mol. The lowest BCUT2D eigenvalue weighted by molar-refractivity contribution is 0.104. The van der Waals surface area contributed by atoms with Gasteiger partial charge in [-0.1, -0.05) is 77.3 Å². The Morgan fingerprint density at radius 2 is 1.84 bits per heavy atom. The van der Waals surface area contributed by atoms with Gasteiger partial charge in [-0.05, 0) is 60.0 Å². The Kier molecular flexibility index (Phi) is 11.2. The molecule has 2 atom stereocenters. The number of amides is 1. The third kappa shape index (κ3) is 8.49. The summed E-state index contributed by atoms with van der Waals surface area (Å²) < 4.78 is 19.4. The van der Waals surface area contributed by atoms with E-state index in [2.05, 4.69) is 32.1 Å². The van der Waals surface area contributed by atoms with E-state index < -0.39 is 18.0 Å². The highest BCUT2D eigenvalue weighted by Crippen LogP contribution is 2.37. The van der Waals surface area contributed by atoms with Gasteiger partial charge in [0.15, 0.2) is 0 Å². The number of aromatic nitrogens is 1. The van der Waals surface area contributed by atoms with E-state index in [1.165, 1.54) is 24.4 Å². The van der Waals surface area contributed by atoms with Gasteiger partial charge in [-0.15, -0.1) is 0 Å². The predicted octanol–water partition coefficient (Wildman–Crippen LogP) is 9.98. The molecule has 1 aromatic heterocycles. The van der Waals surface area contributed by atoms with Crippen molar-refractivity contribution in [3.05, 3.63) is 141 Å². The number of hydrogen-bond donors (Lipinski definition) is 4. The van der Waals surface area contributed by atoms with Crippen molar-refractivity contribution in [2.24, 2.45) is 5.11 Å². The van der Waals surface area contributed by atoms with Gasteiger partial charge in [0, 0.05) is 53.3 Å². The Balaban J connectivity index is 1.26. The van der Waals surface area contributed by atoms with E-state index in [1.54, 1.807) is 35.4 Å². The van der Waals surface area contributed by atoms with Gasteiger partial charge in [-0.25, -0.2) is 14.7 Å². The van der Waals surface area contributed by atoms with Crippen molar-refractivity contribution >= 4 is 68.9 Å². The smallest absolute Gasteiger partial charge is 0.410 e. The normalized spacial score (nSPS) is 14.8. The van der Waals surface area contributed by atoms with Gasteiger partial charge in [0.25, 0.3) is 0 Å². The molecule has 0 spiro atoms. The Bertz CT molecular complexity index is 2140. The topological polar surface area (TPSA) is 139 Å². The van der Waals surface area contributed by atoms with Crippen LogP contribution in [-0.2, 0) is 11.3 Å². The second-order valence-electron chi connectivity index (χ2n) is 11.7. The largest absolute Gasteiger partial charge is 0.445 e. The summed E-state index contributed by atoms with van der Waals surface area (Å²) >= 11 is 19.0. The van der Waals surface area contributed by atoms with Crippen LogP contribution in [-0.4, -0.2) is 35.1 Å². The zero-order chi connectivity index (χ0) is 35.9. The fraction of sp³-hybridized carbons (Fsp3) is 0.162. The molecule has 4 N–H and O–H groups in total. The first kappa shape index (κ1) is 35.4. The van der Waals surface area contributed by atoms with Gasteiger partial charge < -0.3 is 25.6 Å². The first-order valence-corrected chi connectivity index (χ1v) is 16.9. The number of ether oxygens (including phenoxy) is 1. The predicted molar refractivity (Wildman–Crippen MR) is 197 cm³/mol. The van der Waals surface area contributed by atoms with E-state index in [0.717, 1.165) is 11.1 Å². The monoisotopic (exact) mass is 742 g/mol.